The van der Waals surface area contributed by atoms with E-state index in [1.165, 1.54) is 0 Å². The molecule has 8 nitrogen and oxygen atoms in total. The lowest BCUT2D eigenvalue weighted by atomic mass is 10.1. The number of aromatic nitrogens is 2. The number of rotatable bonds is 5. The summed E-state index contributed by atoms with van der Waals surface area (Å²) in [6, 6.07) is 6.96. The molecule has 8 heteroatoms. The van der Waals surface area contributed by atoms with Crippen LogP contribution in [-0.2, 0) is 0 Å². The molecule has 0 spiro atoms. The van der Waals surface area contributed by atoms with Crippen molar-refractivity contribution in [3.63, 3.8) is 0 Å². The summed E-state index contributed by atoms with van der Waals surface area (Å²) in [6.07, 6.45) is 3.20. The number of likely N-dealkylation sites (tertiary alicyclic amines) is 1. The number of hydrogen-bond acceptors (Lipinski definition) is 6. The van der Waals surface area contributed by atoms with Gasteiger partial charge < -0.3 is 24.4 Å². The molecular formula is C19H24N4O4. The van der Waals surface area contributed by atoms with Crippen LogP contribution in [0.4, 0.5) is 10.5 Å². The van der Waals surface area contributed by atoms with E-state index in [1.807, 2.05) is 6.92 Å². The van der Waals surface area contributed by atoms with Gasteiger partial charge in [-0.1, -0.05) is 6.07 Å². The third-order valence-electron chi connectivity index (χ3n) is 4.41. The Kier molecular flexibility index (Phi) is 5.95. The first-order chi connectivity index (χ1) is 13.1. The third kappa shape index (κ3) is 4.58. The quantitative estimate of drug-likeness (QED) is 0.869. The maximum Gasteiger partial charge on any atom is 0.321 e. The molecular weight excluding hydrogens is 348 g/mol. The molecule has 0 saturated carbocycles. The molecule has 0 atom stereocenters. The summed E-state index contributed by atoms with van der Waals surface area (Å²) in [6.45, 7) is 3.03. The number of carbonyl (C=O) groups excluding carboxylic acids is 1. The monoisotopic (exact) mass is 372 g/mol. The smallest absolute Gasteiger partial charge is 0.321 e. The number of nitrogens with zero attached hydrogens (tertiary/aromatic N) is 3. The van der Waals surface area contributed by atoms with Crippen LogP contribution in [-0.4, -0.2) is 54.3 Å². The fraction of sp³-hybridized carbons (Fsp3) is 0.421. The van der Waals surface area contributed by atoms with Crippen LogP contribution in [0.2, 0.25) is 0 Å². The first-order valence-corrected chi connectivity index (χ1v) is 8.84. The highest BCUT2D eigenvalue weighted by molar-refractivity contribution is 5.91. The number of para-hydroxylation sites is 1. The normalized spacial score (nSPS) is 14.6. The number of carbonyl (C=O) groups is 1. The van der Waals surface area contributed by atoms with Crippen molar-refractivity contribution in [1.29, 1.82) is 0 Å². The average molecular weight is 372 g/mol. The highest BCUT2D eigenvalue weighted by atomic mass is 16.5. The van der Waals surface area contributed by atoms with Crippen molar-refractivity contribution in [2.75, 3.05) is 32.6 Å². The summed E-state index contributed by atoms with van der Waals surface area (Å²) in [5.74, 6) is 2.33. The van der Waals surface area contributed by atoms with Gasteiger partial charge in [-0.05, 0) is 19.1 Å². The highest BCUT2D eigenvalue weighted by Gasteiger charge is 2.25. The summed E-state index contributed by atoms with van der Waals surface area (Å²) in [7, 11) is 3.11. The zero-order chi connectivity index (χ0) is 19.2. The van der Waals surface area contributed by atoms with E-state index in [0.717, 1.165) is 12.8 Å². The average Bonchev–Trinajstić information content (AvgIpc) is 2.68. The fourth-order valence-corrected chi connectivity index (χ4v) is 3.03. The van der Waals surface area contributed by atoms with Gasteiger partial charge in [-0.15, -0.1) is 0 Å². The van der Waals surface area contributed by atoms with Crippen molar-refractivity contribution in [3.05, 3.63) is 36.3 Å². The van der Waals surface area contributed by atoms with Gasteiger partial charge in [0.15, 0.2) is 11.5 Å². The number of nitrogens with one attached hydrogen (secondary N) is 1. The van der Waals surface area contributed by atoms with E-state index < -0.39 is 0 Å². The van der Waals surface area contributed by atoms with E-state index in [4.69, 9.17) is 14.2 Å². The van der Waals surface area contributed by atoms with Crippen LogP contribution in [0.15, 0.2) is 30.5 Å². The Morgan fingerprint density at radius 3 is 2.63 bits per heavy atom. The van der Waals surface area contributed by atoms with E-state index >= 15 is 0 Å². The summed E-state index contributed by atoms with van der Waals surface area (Å²) in [5, 5.41) is 2.90. The zero-order valence-corrected chi connectivity index (χ0v) is 15.8. The molecule has 0 bridgehead atoms. The van der Waals surface area contributed by atoms with Crippen molar-refractivity contribution in [1.82, 2.24) is 14.9 Å². The summed E-state index contributed by atoms with van der Waals surface area (Å²) in [5.41, 5.74) is 0.580. The van der Waals surface area contributed by atoms with Crippen LogP contribution in [0, 0.1) is 6.92 Å². The van der Waals surface area contributed by atoms with Gasteiger partial charge in [0.1, 0.15) is 11.9 Å². The van der Waals surface area contributed by atoms with Gasteiger partial charge in [0.05, 0.1) is 19.9 Å². The standard InChI is InChI=1S/C19H24N4O4/c1-13-20-10-7-17(21-13)27-14-8-11-23(12-9-14)19(24)22-15-5-4-6-16(25-2)18(15)26-3/h4-7,10,14H,8-9,11-12H2,1-3H3,(H,22,24). The summed E-state index contributed by atoms with van der Waals surface area (Å²) < 4.78 is 16.5. The number of aryl methyl sites for hydroxylation is 1. The lowest BCUT2D eigenvalue weighted by Gasteiger charge is -2.32. The van der Waals surface area contributed by atoms with E-state index in [2.05, 4.69) is 15.3 Å². The van der Waals surface area contributed by atoms with Crippen molar-refractivity contribution >= 4 is 11.7 Å². The number of benzene rings is 1. The van der Waals surface area contributed by atoms with E-state index in [9.17, 15) is 4.79 Å². The second-order valence-electron chi connectivity index (χ2n) is 6.22. The molecule has 1 N–H and O–H groups in total. The second kappa shape index (κ2) is 8.57. The third-order valence-corrected chi connectivity index (χ3v) is 4.41. The Hall–Kier alpha value is -3.03. The highest BCUT2D eigenvalue weighted by Crippen LogP contribution is 2.35. The second-order valence-corrected chi connectivity index (χ2v) is 6.22. The van der Waals surface area contributed by atoms with Gasteiger partial charge >= 0.3 is 6.03 Å². The molecule has 1 aliphatic rings. The van der Waals surface area contributed by atoms with E-state index in [-0.39, 0.29) is 12.1 Å². The number of ether oxygens (including phenoxy) is 3. The van der Waals surface area contributed by atoms with Crippen LogP contribution in [0.3, 0.4) is 0 Å². The van der Waals surface area contributed by atoms with Crippen LogP contribution >= 0.6 is 0 Å². The molecule has 0 radical (unpaired) electrons. The van der Waals surface area contributed by atoms with Crippen LogP contribution < -0.4 is 19.5 Å². The first kappa shape index (κ1) is 18.8. The number of piperidine rings is 1. The molecule has 27 heavy (non-hydrogen) atoms. The largest absolute Gasteiger partial charge is 0.493 e. The Balaban J connectivity index is 1.56. The predicted molar refractivity (Wildman–Crippen MR) is 101 cm³/mol. The lowest BCUT2D eigenvalue weighted by molar-refractivity contribution is 0.111. The molecule has 2 amide bonds. The Labute approximate surface area is 158 Å². The number of urea groups is 1. The SMILES string of the molecule is COc1cccc(NC(=O)N2CCC(Oc3ccnc(C)n3)CC2)c1OC. The maximum atomic E-state index is 12.6. The summed E-state index contributed by atoms with van der Waals surface area (Å²) >= 11 is 0. The number of anilines is 1. The minimum Gasteiger partial charge on any atom is -0.493 e. The Morgan fingerprint density at radius 1 is 1.19 bits per heavy atom. The Bertz CT molecular complexity index is 791. The number of hydrogen-bond donors (Lipinski definition) is 1. The minimum atomic E-state index is -0.169. The first-order valence-electron chi connectivity index (χ1n) is 8.84. The van der Waals surface area contributed by atoms with Crippen molar-refractivity contribution in [2.24, 2.45) is 0 Å². The molecule has 0 unspecified atom stereocenters. The van der Waals surface area contributed by atoms with Gasteiger partial charge in [0.25, 0.3) is 0 Å². The van der Waals surface area contributed by atoms with Crippen molar-refractivity contribution in [2.45, 2.75) is 25.9 Å². The zero-order valence-electron chi connectivity index (χ0n) is 15.8. The molecule has 1 aromatic heterocycles. The topological polar surface area (TPSA) is 85.8 Å². The van der Waals surface area contributed by atoms with Gasteiger partial charge in [0.2, 0.25) is 5.88 Å². The number of methoxy groups -OCH3 is 2. The maximum absolute atomic E-state index is 12.6. The van der Waals surface area contributed by atoms with E-state index in [0.29, 0.717) is 42.0 Å². The summed E-state index contributed by atoms with van der Waals surface area (Å²) in [4.78, 5) is 22.7. The Morgan fingerprint density at radius 2 is 1.96 bits per heavy atom. The molecule has 3 rings (SSSR count). The lowest BCUT2D eigenvalue weighted by Crippen LogP contribution is -2.43. The van der Waals surface area contributed by atoms with Crippen LogP contribution in [0.5, 0.6) is 17.4 Å². The molecule has 1 aromatic carbocycles. The van der Waals surface area contributed by atoms with Gasteiger partial charge in [-0.2, -0.15) is 4.98 Å². The minimum absolute atomic E-state index is 0.0368. The molecule has 0 aliphatic carbocycles. The molecule has 144 valence electrons. The molecule has 1 fully saturated rings. The number of amides is 2. The van der Waals surface area contributed by atoms with Crippen LogP contribution in [0.1, 0.15) is 18.7 Å². The molecule has 1 saturated heterocycles. The van der Waals surface area contributed by atoms with E-state index in [1.54, 1.807) is 49.6 Å². The molecule has 2 heterocycles. The molecule has 1 aliphatic heterocycles. The van der Waals surface area contributed by atoms with Crippen LogP contribution in [0.25, 0.3) is 0 Å². The fourth-order valence-electron chi connectivity index (χ4n) is 3.03. The van der Waals surface area contributed by atoms with Crippen molar-refractivity contribution in [3.8, 4) is 17.4 Å². The van der Waals surface area contributed by atoms with Gasteiger partial charge in [0, 0.05) is 38.2 Å². The predicted octanol–water partition coefficient (Wildman–Crippen LogP) is 2.88. The van der Waals surface area contributed by atoms with Crippen molar-refractivity contribution < 1.29 is 19.0 Å². The molecule has 2 aromatic rings. The van der Waals surface area contributed by atoms with Gasteiger partial charge in [-0.25, -0.2) is 9.78 Å². The van der Waals surface area contributed by atoms with Gasteiger partial charge in [-0.3, -0.25) is 0 Å².